The van der Waals surface area contributed by atoms with E-state index in [0.717, 1.165) is 73.6 Å². The van der Waals surface area contributed by atoms with Crippen molar-refractivity contribution >= 4 is 0 Å². The molecule has 0 amide bonds. The minimum atomic E-state index is -0.823. The van der Waals surface area contributed by atoms with Crippen LogP contribution in [0.25, 0.3) is 44.5 Å². The van der Waals surface area contributed by atoms with E-state index in [-0.39, 0.29) is 26.4 Å². The van der Waals surface area contributed by atoms with Gasteiger partial charge in [-0.25, -0.2) is 0 Å². The van der Waals surface area contributed by atoms with Crippen molar-refractivity contribution in [2.24, 2.45) is 0 Å². The van der Waals surface area contributed by atoms with Gasteiger partial charge in [0.25, 0.3) is 0 Å². The molecule has 284 valence electrons. The summed E-state index contributed by atoms with van der Waals surface area (Å²) in [5.41, 5.74) is 14.1. The van der Waals surface area contributed by atoms with Gasteiger partial charge in [-0.1, -0.05) is 170 Å². The van der Waals surface area contributed by atoms with E-state index in [2.05, 4.69) is 170 Å². The normalized spacial score (nSPS) is 12.7. The molecule has 0 saturated carbocycles. The molecule has 0 spiro atoms. The van der Waals surface area contributed by atoms with E-state index in [9.17, 15) is 10.2 Å². The maximum Gasteiger partial charge on any atom is 0.135 e. The molecule has 0 bridgehead atoms. The number of fused-ring (bicyclic) bond motifs is 2. The molecule has 0 saturated heterocycles. The second-order valence-electron chi connectivity index (χ2n) is 14.7. The smallest absolute Gasteiger partial charge is 0.135 e. The van der Waals surface area contributed by atoms with E-state index < -0.39 is 5.41 Å². The van der Waals surface area contributed by atoms with Gasteiger partial charge in [-0.05, 0) is 86.3 Å². The molecule has 1 aliphatic carbocycles. The molecule has 8 aromatic carbocycles. The Labute approximate surface area is 340 Å². The van der Waals surface area contributed by atoms with Gasteiger partial charge in [-0.3, -0.25) is 0 Å². The SMILES string of the molecule is OCCOc1c(-c2ccccc2)cc(C2(c3cc(-c4ccccc4)c(OCCO)c(-c4ccccc4)c3)c3ccccc3Cc3ccccc32)cc1-c1ccccc1. The van der Waals surface area contributed by atoms with E-state index >= 15 is 0 Å². The average molecular weight is 757 g/mol. The van der Waals surface area contributed by atoms with Gasteiger partial charge >= 0.3 is 0 Å². The number of hydrogen-bond acceptors (Lipinski definition) is 4. The van der Waals surface area contributed by atoms with E-state index in [1.807, 2.05) is 24.3 Å². The zero-order chi connectivity index (χ0) is 39.3. The summed E-state index contributed by atoms with van der Waals surface area (Å²) in [4.78, 5) is 0. The number of hydrogen-bond donors (Lipinski definition) is 2. The molecule has 0 fully saturated rings. The van der Waals surface area contributed by atoms with Crippen molar-refractivity contribution in [3.63, 3.8) is 0 Å². The van der Waals surface area contributed by atoms with Gasteiger partial charge in [-0.15, -0.1) is 0 Å². The van der Waals surface area contributed by atoms with Crippen LogP contribution in [0.4, 0.5) is 0 Å². The van der Waals surface area contributed by atoms with Crippen LogP contribution in [0.3, 0.4) is 0 Å². The summed E-state index contributed by atoms with van der Waals surface area (Å²) in [5.74, 6) is 1.45. The maximum atomic E-state index is 10.1. The summed E-state index contributed by atoms with van der Waals surface area (Å²) in [6, 6.07) is 68.6. The number of aliphatic hydroxyl groups is 2. The van der Waals surface area contributed by atoms with Crippen LogP contribution in [0.5, 0.6) is 11.5 Å². The lowest BCUT2D eigenvalue weighted by Crippen LogP contribution is -2.36. The predicted molar refractivity (Wildman–Crippen MR) is 234 cm³/mol. The lowest BCUT2D eigenvalue weighted by Gasteiger charge is -2.43. The molecule has 2 N–H and O–H groups in total. The van der Waals surface area contributed by atoms with Crippen molar-refractivity contribution in [2.45, 2.75) is 11.8 Å². The van der Waals surface area contributed by atoms with E-state index in [1.54, 1.807) is 0 Å². The fraction of sp³-hybridized carbons (Fsp3) is 0.111. The Balaban J connectivity index is 1.48. The Kier molecular flexibility index (Phi) is 10.4. The standard InChI is InChI=1S/C54H44O4/c55-29-31-57-52-46(38-17-5-1-6-18-38)34-44(35-47(52)39-19-7-2-8-20-39)54(50-27-15-13-25-42(50)33-43-26-14-16-28-51(43)54)45-36-48(40-21-9-3-10-22-40)53(58-32-30-56)49(37-45)41-23-11-4-12-24-41/h1-28,34-37,55-56H,29-33H2. The first-order chi connectivity index (χ1) is 28.7. The summed E-state index contributed by atoms with van der Waals surface area (Å²) in [5, 5.41) is 20.2. The molecule has 4 nitrogen and oxygen atoms in total. The van der Waals surface area contributed by atoms with Crippen LogP contribution in [-0.2, 0) is 11.8 Å². The Bertz CT molecular complexity index is 2350. The van der Waals surface area contributed by atoms with Gasteiger partial charge < -0.3 is 19.7 Å². The van der Waals surface area contributed by atoms with Crippen molar-refractivity contribution in [1.29, 1.82) is 0 Å². The van der Waals surface area contributed by atoms with Crippen LogP contribution in [0.2, 0.25) is 0 Å². The molecule has 0 aliphatic heterocycles. The van der Waals surface area contributed by atoms with Crippen LogP contribution in [0.15, 0.2) is 194 Å². The van der Waals surface area contributed by atoms with Gasteiger partial charge in [0.05, 0.1) is 18.6 Å². The highest BCUT2D eigenvalue weighted by Crippen LogP contribution is 2.56. The lowest BCUT2D eigenvalue weighted by molar-refractivity contribution is 0.202. The fourth-order valence-corrected chi connectivity index (χ4v) is 8.85. The van der Waals surface area contributed by atoms with E-state index in [0.29, 0.717) is 0 Å². The quantitative estimate of drug-likeness (QED) is 0.130. The first-order valence-electron chi connectivity index (χ1n) is 19.9. The maximum absolute atomic E-state index is 10.1. The van der Waals surface area contributed by atoms with Crippen molar-refractivity contribution in [2.75, 3.05) is 26.4 Å². The minimum Gasteiger partial charge on any atom is -0.490 e. The van der Waals surface area contributed by atoms with E-state index in [4.69, 9.17) is 9.47 Å². The zero-order valence-electron chi connectivity index (χ0n) is 32.2. The minimum absolute atomic E-state index is 0.107. The van der Waals surface area contributed by atoms with Crippen LogP contribution in [0.1, 0.15) is 33.4 Å². The fourth-order valence-electron chi connectivity index (χ4n) is 8.85. The molecule has 4 heteroatoms. The first kappa shape index (κ1) is 36.9. The largest absolute Gasteiger partial charge is 0.490 e. The first-order valence-corrected chi connectivity index (χ1v) is 19.9. The van der Waals surface area contributed by atoms with Gasteiger partial charge in [0.2, 0.25) is 0 Å². The summed E-state index contributed by atoms with van der Waals surface area (Å²) in [6.45, 7) is 0.103. The zero-order valence-corrected chi connectivity index (χ0v) is 32.2. The number of benzene rings is 8. The molecular formula is C54H44O4. The van der Waals surface area contributed by atoms with Crippen LogP contribution in [0, 0.1) is 0 Å². The van der Waals surface area contributed by atoms with Crippen molar-refractivity contribution in [1.82, 2.24) is 0 Å². The van der Waals surface area contributed by atoms with Crippen LogP contribution < -0.4 is 9.47 Å². The van der Waals surface area contributed by atoms with Gasteiger partial charge in [0, 0.05) is 22.3 Å². The van der Waals surface area contributed by atoms with Crippen molar-refractivity contribution in [3.8, 4) is 56.0 Å². The summed E-state index contributed by atoms with van der Waals surface area (Å²) < 4.78 is 13.1. The summed E-state index contributed by atoms with van der Waals surface area (Å²) in [7, 11) is 0. The average Bonchev–Trinajstić information content (AvgIpc) is 3.30. The Morgan fingerprint density at radius 2 is 0.672 bits per heavy atom. The molecule has 0 radical (unpaired) electrons. The third-order valence-electron chi connectivity index (χ3n) is 11.3. The second kappa shape index (κ2) is 16.4. The molecule has 1 aliphatic rings. The molecule has 58 heavy (non-hydrogen) atoms. The predicted octanol–water partition coefficient (Wildman–Crippen LogP) is 11.4. The van der Waals surface area contributed by atoms with Crippen molar-refractivity contribution < 1.29 is 19.7 Å². The number of ether oxygens (including phenoxy) is 2. The topological polar surface area (TPSA) is 58.9 Å². The summed E-state index contributed by atoms with van der Waals surface area (Å²) in [6.07, 6.45) is 0.803. The third-order valence-corrected chi connectivity index (χ3v) is 11.3. The highest BCUT2D eigenvalue weighted by atomic mass is 16.5. The summed E-state index contributed by atoms with van der Waals surface area (Å²) >= 11 is 0. The van der Waals surface area contributed by atoms with Gasteiger partial charge in [0.15, 0.2) is 0 Å². The third kappa shape index (κ3) is 6.67. The van der Waals surface area contributed by atoms with Crippen LogP contribution >= 0.6 is 0 Å². The number of rotatable bonds is 12. The highest BCUT2D eigenvalue weighted by Gasteiger charge is 2.45. The van der Waals surface area contributed by atoms with E-state index in [1.165, 1.54) is 22.3 Å². The molecule has 8 aromatic rings. The molecule has 0 aromatic heterocycles. The number of aliphatic hydroxyl groups excluding tert-OH is 2. The van der Waals surface area contributed by atoms with Gasteiger partial charge in [-0.2, -0.15) is 0 Å². The Morgan fingerprint density at radius 1 is 0.379 bits per heavy atom. The lowest BCUT2D eigenvalue weighted by atomic mass is 9.59. The van der Waals surface area contributed by atoms with Crippen LogP contribution in [-0.4, -0.2) is 36.6 Å². The molecule has 9 rings (SSSR count). The Morgan fingerprint density at radius 3 is 0.983 bits per heavy atom. The monoisotopic (exact) mass is 756 g/mol. The highest BCUT2D eigenvalue weighted by molar-refractivity contribution is 5.88. The molecule has 0 atom stereocenters. The van der Waals surface area contributed by atoms with Crippen molar-refractivity contribution in [3.05, 3.63) is 228 Å². The second-order valence-corrected chi connectivity index (χ2v) is 14.7. The van der Waals surface area contributed by atoms with Gasteiger partial charge in [0.1, 0.15) is 24.7 Å². The molecular weight excluding hydrogens is 713 g/mol. The molecule has 0 unspecified atom stereocenters. The Hall–Kier alpha value is -6.72. The molecule has 0 heterocycles.